The molecular formula is C13H21NO. The van der Waals surface area contributed by atoms with Crippen molar-refractivity contribution in [2.45, 2.75) is 40.5 Å². The Morgan fingerprint density at radius 1 is 1.20 bits per heavy atom. The van der Waals surface area contributed by atoms with Crippen LogP contribution in [-0.2, 0) is 4.79 Å². The van der Waals surface area contributed by atoms with Gasteiger partial charge in [0.05, 0.1) is 0 Å². The second-order valence-corrected chi connectivity index (χ2v) is 3.83. The monoisotopic (exact) mass is 207 g/mol. The molecule has 2 nitrogen and oxygen atoms in total. The summed E-state index contributed by atoms with van der Waals surface area (Å²) in [5, 5.41) is 0. The molecule has 2 N–H and O–H groups in total. The van der Waals surface area contributed by atoms with E-state index in [0.29, 0.717) is 5.57 Å². The van der Waals surface area contributed by atoms with Gasteiger partial charge in [0.2, 0.25) is 5.91 Å². The fraction of sp³-hybridized carbons (Fsp3) is 0.462. The summed E-state index contributed by atoms with van der Waals surface area (Å²) in [5.74, 6) is -0.360. The zero-order valence-corrected chi connectivity index (χ0v) is 10.1. The Labute approximate surface area is 92.6 Å². The molecule has 15 heavy (non-hydrogen) atoms. The molecule has 0 aliphatic heterocycles. The van der Waals surface area contributed by atoms with Crippen molar-refractivity contribution in [1.29, 1.82) is 0 Å². The molecule has 0 fully saturated rings. The van der Waals surface area contributed by atoms with Crippen LogP contribution in [0.15, 0.2) is 34.9 Å². The van der Waals surface area contributed by atoms with Gasteiger partial charge in [-0.05, 0) is 33.3 Å². The largest absolute Gasteiger partial charge is 0.366 e. The molecule has 0 heterocycles. The Morgan fingerprint density at radius 3 is 2.20 bits per heavy atom. The smallest absolute Gasteiger partial charge is 0.248 e. The van der Waals surface area contributed by atoms with Crippen LogP contribution >= 0.6 is 0 Å². The average Bonchev–Trinajstić information content (AvgIpc) is 2.16. The van der Waals surface area contributed by atoms with Crippen molar-refractivity contribution in [2.75, 3.05) is 0 Å². The molecule has 0 rings (SSSR count). The zero-order chi connectivity index (χ0) is 11.8. The van der Waals surface area contributed by atoms with Gasteiger partial charge >= 0.3 is 0 Å². The first-order valence-corrected chi connectivity index (χ1v) is 5.31. The lowest BCUT2D eigenvalue weighted by Gasteiger charge is -1.98. The number of amides is 1. The lowest BCUT2D eigenvalue weighted by Crippen LogP contribution is -2.12. The first-order valence-electron chi connectivity index (χ1n) is 5.31. The number of allylic oxidation sites excluding steroid dienone is 4. The molecule has 2 heteroatoms. The molecule has 0 atom stereocenters. The van der Waals surface area contributed by atoms with Gasteiger partial charge < -0.3 is 5.73 Å². The number of nitrogens with two attached hydrogens (primary N) is 1. The number of unbranched alkanes of at least 4 members (excludes halogenated alkanes) is 1. The maximum Gasteiger partial charge on any atom is 0.248 e. The van der Waals surface area contributed by atoms with E-state index in [9.17, 15) is 4.79 Å². The van der Waals surface area contributed by atoms with E-state index in [4.69, 9.17) is 5.73 Å². The second-order valence-electron chi connectivity index (χ2n) is 3.83. The van der Waals surface area contributed by atoms with Gasteiger partial charge in [0.15, 0.2) is 0 Å². The summed E-state index contributed by atoms with van der Waals surface area (Å²) in [6, 6.07) is 0. The zero-order valence-electron chi connectivity index (χ0n) is 10.1. The predicted octanol–water partition coefficient (Wildman–Crippen LogP) is 3.11. The molecule has 0 spiro atoms. The SMILES string of the molecule is CCC/C=C(/C=C\C(C)=C(C)C)C(N)=O. The molecule has 84 valence electrons. The Kier molecular flexibility index (Phi) is 6.43. The Bertz CT molecular complexity index is 304. The lowest BCUT2D eigenvalue weighted by atomic mass is 10.1. The van der Waals surface area contributed by atoms with Gasteiger partial charge in [0.25, 0.3) is 0 Å². The molecule has 0 saturated carbocycles. The minimum absolute atomic E-state index is 0.360. The molecule has 0 aliphatic carbocycles. The van der Waals surface area contributed by atoms with E-state index in [1.54, 1.807) is 6.08 Å². The molecule has 0 saturated heterocycles. The summed E-state index contributed by atoms with van der Waals surface area (Å²) in [6.45, 7) is 8.17. The predicted molar refractivity (Wildman–Crippen MR) is 65.4 cm³/mol. The molecule has 0 radical (unpaired) electrons. The topological polar surface area (TPSA) is 43.1 Å². The standard InChI is InChI=1S/C13H21NO/c1-5-6-7-12(13(14)15)9-8-11(4)10(2)3/h7-9H,5-6H2,1-4H3,(H2,14,15)/b9-8-,12-7-. The van der Waals surface area contributed by atoms with E-state index in [0.717, 1.165) is 12.8 Å². The third-order valence-electron chi connectivity index (χ3n) is 2.24. The van der Waals surface area contributed by atoms with E-state index < -0.39 is 0 Å². The van der Waals surface area contributed by atoms with E-state index >= 15 is 0 Å². The van der Waals surface area contributed by atoms with E-state index in [2.05, 4.69) is 6.92 Å². The van der Waals surface area contributed by atoms with Crippen LogP contribution in [0.1, 0.15) is 40.5 Å². The van der Waals surface area contributed by atoms with Crippen molar-refractivity contribution >= 4 is 5.91 Å². The average molecular weight is 207 g/mol. The van der Waals surface area contributed by atoms with Crippen LogP contribution in [0.4, 0.5) is 0 Å². The molecule has 0 aromatic carbocycles. The summed E-state index contributed by atoms with van der Waals surface area (Å²) >= 11 is 0. The third-order valence-corrected chi connectivity index (χ3v) is 2.24. The van der Waals surface area contributed by atoms with Crippen molar-refractivity contribution in [2.24, 2.45) is 5.73 Å². The van der Waals surface area contributed by atoms with Crippen LogP contribution in [0.2, 0.25) is 0 Å². The molecule has 0 aromatic heterocycles. The number of carbonyl (C=O) groups is 1. The summed E-state index contributed by atoms with van der Waals surface area (Å²) in [5.41, 5.74) is 8.27. The summed E-state index contributed by atoms with van der Waals surface area (Å²) in [4.78, 5) is 11.1. The van der Waals surface area contributed by atoms with Crippen LogP contribution in [0, 0.1) is 0 Å². The van der Waals surface area contributed by atoms with Crippen molar-refractivity contribution in [3.8, 4) is 0 Å². The third kappa shape index (κ3) is 5.89. The molecular weight excluding hydrogens is 186 g/mol. The summed E-state index contributed by atoms with van der Waals surface area (Å²) < 4.78 is 0. The highest BCUT2D eigenvalue weighted by molar-refractivity contribution is 5.94. The Hall–Kier alpha value is -1.31. The highest BCUT2D eigenvalue weighted by atomic mass is 16.1. The highest BCUT2D eigenvalue weighted by Gasteiger charge is 1.99. The molecule has 0 unspecified atom stereocenters. The van der Waals surface area contributed by atoms with Crippen LogP contribution < -0.4 is 5.73 Å². The first kappa shape index (κ1) is 13.7. The normalized spacial score (nSPS) is 11.9. The first-order chi connectivity index (χ1) is 6.99. The number of carbonyl (C=O) groups excluding carboxylic acids is 1. The summed E-state index contributed by atoms with van der Waals surface area (Å²) in [7, 11) is 0. The van der Waals surface area contributed by atoms with Crippen molar-refractivity contribution in [3.63, 3.8) is 0 Å². The minimum atomic E-state index is -0.360. The van der Waals surface area contributed by atoms with Gasteiger partial charge in [0, 0.05) is 5.57 Å². The van der Waals surface area contributed by atoms with Crippen LogP contribution in [0.5, 0.6) is 0 Å². The molecule has 0 bridgehead atoms. The van der Waals surface area contributed by atoms with Crippen molar-refractivity contribution in [3.05, 3.63) is 34.9 Å². The fourth-order valence-electron chi connectivity index (χ4n) is 0.932. The second kappa shape index (κ2) is 7.04. The van der Waals surface area contributed by atoms with Crippen molar-refractivity contribution in [1.82, 2.24) is 0 Å². The minimum Gasteiger partial charge on any atom is -0.366 e. The van der Waals surface area contributed by atoms with Crippen LogP contribution in [0.3, 0.4) is 0 Å². The van der Waals surface area contributed by atoms with Crippen molar-refractivity contribution < 1.29 is 4.79 Å². The maximum atomic E-state index is 11.1. The van der Waals surface area contributed by atoms with E-state index in [1.165, 1.54) is 11.1 Å². The van der Waals surface area contributed by atoms with Gasteiger partial charge in [-0.25, -0.2) is 0 Å². The molecule has 0 aromatic rings. The Balaban J connectivity index is 4.71. The summed E-state index contributed by atoms with van der Waals surface area (Å²) in [6.07, 6.45) is 7.52. The van der Waals surface area contributed by atoms with Gasteiger partial charge in [-0.15, -0.1) is 0 Å². The number of rotatable bonds is 5. The Morgan fingerprint density at radius 2 is 1.80 bits per heavy atom. The molecule has 1 amide bonds. The number of hydrogen-bond donors (Lipinski definition) is 1. The number of primary amides is 1. The lowest BCUT2D eigenvalue weighted by molar-refractivity contribution is -0.114. The van der Waals surface area contributed by atoms with Gasteiger partial charge in [-0.3, -0.25) is 4.79 Å². The maximum absolute atomic E-state index is 11.1. The fourth-order valence-corrected chi connectivity index (χ4v) is 0.932. The highest BCUT2D eigenvalue weighted by Crippen LogP contribution is 2.07. The molecule has 0 aliphatic rings. The van der Waals surface area contributed by atoms with Gasteiger partial charge in [-0.2, -0.15) is 0 Å². The van der Waals surface area contributed by atoms with E-state index in [1.807, 2.05) is 32.9 Å². The van der Waals surface area contributed by atoms with Gasteiger partial charge in [0.1, 0.15) is 0 Å². The quantitative estimate of drug-likeness (QED) is 0.546. The van der Waals surface area contributed by atoms with E-state index in [-0.39, 0.29) is 5.91 Å². The van der Waals surface area contributed by atoms with Gasteiger partial charge in [-0.1, -0.05) is 36.6 Å². The van der Waals surface area contributed by atoms with Crippen LogP contribution in [-0.4, -0.2) is 5.91 Å². The van der Waals surface area contributed by atoms with Crippen LogP contribution in [0.25, 0.3) is 0 Å². The number of hydrogen-bond acceptors (Lipinski definition) is 1.